The van der Waals surface area contributed by atoms with Gasteiger partial charge in [0.05, 0.1) is 13.6 Å². The van der Waals surface area contributed by atoms with Gasteiger partial charge in [-0.15, -0.1) is 0 Å². The van der Waals surface area contributed by atoms with Crippen molar-refractivity contribution >= 4 is 38.9 Å². The van der Waals surface area contributed by atoms with Gasteiger partial charge >= 0.3 is 11.0 Å². The molecule has 1 radical (unpaired) electrons. The molecule has 1 rings (SSSR count). The molecule has 1 aromatic rings. The molecule has 0 saturated carbocycles. The van der Waals surface area contributed by atoms with E-state index in [0.717, 1.165) is 10.7 Å². The maximum Gasteiger partial charge on any atom is 0.480 e. The van der Waals surface area contributed by atoms with Crippen LogP contribution in [-0.2, 0) is 33.6 Å². The number of imidazole rings is 1. The molecule has 0 aliphatic carbocycles. The zero-order valence-corrected chi connectivity index (χ0v) is 14.1. The Labute approximate surface area is 145 Å². The second-order valence-electron chi connectivity index (χ2n) is 3.83. The minimum Gasteiger partial charge on any atom is -0.421 e. The summed E-state index contributed by atoms with van der Waals surface area (Å²) in [6, 6.07) is 0. The molecule has 0 fully saturated rings. The van der Waals surface area contributed by atoms with Gasteiger partial charge in [-0.25, -0.2) is 26.0 Å². The topological polar surface area (TPSA) is 91.2 Å². The number of halogens is 6. The van der Waals surface area contributed by atoms with Gasteiger partial charge in [0.2, 0.25) is 6.33 Å². The Bertz CT molecular complexity index is 684. The molecular weight excluding hydrogens is 387 g/mol. The summed E-state index contributed by atoms with van der Waals surface area (Å²) in [4.78, 5) is 0. The summed E-state index contributed by atoms with van der Waals surface area (Å²) in [7, 11) is -11.4. The standard InChI is InChI=1S/C6H11N2.C2F6NO4S2.Li/c1-3-8-5-4-7(2)6-8;3-1(4,5)14(10,11)9-15(12,13)2(6,7)8;/h4-6H,3H2,1-2H3;;/q+1;-1;. The monoisotopic (exact) mass is 398 g/mol. The van der Waals surface area contributed by atoms with E-state index >= 15 is 0 Å². The third-order valence-corrected chi connectivity index (χ3v) is 4.71. The number of hydrogen-bond acceptors (Lipinski definition) is 4. The molecular formula is C8H11F6LiN3O4S2. The fourth-order valence-corrected chi connectivity index (χ4v) is 2.61. The molecule has 0 atom stereocenters. The van der Waals surface area contributed by atoms with Crippen LogP contribution in [0.2, 0.25) is 0 Å². The van der Waals surface area contributed by atoms with Gasteiger partial charge in [-0.1, -0.05) is 0 Å². The third-order valence-electron chi connectivity index (χ3n) is 1.97. The Morgan fingerprint density at radius 2 is 1.38 bits per heavy atom. The van der Waals surface area contributed by atoms with E-state index in [1.165, 1.54) is 0 Å². The molecule has 16 heteroatoms. The van der Waals surface area contributed by atoms with E-state index in [4.69, 9.17) is 0 Å². The maximum absolute atomic E-state index is 11.4. The van der Waals surface area contributed by atoms with E-state index in [1.54, 1.807) is 0 Å². The first kappa shape index (κ1) is 25.5. The van der Waals surface area contributed by atoms with Crippen molar-refractivity contribution in [1.29, 1.82) is 0 Å². The molecule has 0 unspecified atom stereocenters. The second-order valence-corrected chi connectivity index (χ2v) is 7.25. The first-order valence-corrected chi connectivity index (χ1v) is 8.29. The van der Waals surface area contributed by atoms with E-state index < -0.39 is 31.1 Å². The van der Waals surface area contributed by atoms with Crippen LogP contribution in [0.15, 0.2) is 18.7 Å². The molecule has 1 aromatic heterocycles. The van der Waals surface area contributed by atoms with Gasteiger partial charge in [-0.3, -0.25) is 0 Å². The Morgan fingerprint density at radius 1 is 1.00 bits per heavy atom. The smallest absolute Gasteiger partial charge is 0.421 e. The molecule has 0 bridgehead atoms. The normalized spacial score (nSPS) is 12.8. The van der Waals surface area contributed by atoms with Gasteiger partial charge < -0.3 is 4.13 Å². The fraction of sp³-hybridized carbons (Fsp3) is 0.625. The van der Waals surface area contributed by atoms with Gasteiger partial charge in [0.25, 0.3) is 0 Å². The summed E-state index contributed by atoms with van der Waals surface area (Å²) in [5, 5.41) is 0. The Kier molecular flexibility index (Phi) is 9.09. The van der Waals surface area contributed by atoms with Gasteiger partial charge in [0.15, 0.2) is 20.0 Å². The van der Waals surface area contributed by atoms with Crippen LogP contribution >= 0.6 is 0 Å². The van der Waals surface area contributed by atoms with Crippen LogP contribution in [0.4, 0.5) is 26.3 Å². The fourth-order valence-electron chi connectivity index (χ4n) is 0.902. The Morgan fingerprint density at radius 3 is 1.54 bits per heavy atom. The average Bonchev–Trinajstić information content (AvgIpc) is 2.71. The van der Waals surface area contributed by atoms with Crippen molar-refractivity contribution in [3.05, 3.63) is 22.8 Å². The Hall–Kier alpha value is -0.753. The van der Waals surface area contributed by atoms with E-state index in [1.807, 2.05) is 17.8 Å². The molecule has 24 heavy (non-hydrogen) atoms. The van der Waals surface area contributed by atoms with Crippen LogP contribution in [0.5, 0.6) is 0 Å². The van der Waals surface area contributed by atoms with Gasteiger partial charge in [-0.05, 0) is 6.92 Å². The number of alkyl halides is 6. The van der Waals surface area contributed by atoms with E-state index in [-0.39, 0.29) is 18.9 Å². The molecule has 1 heterocycles. The summed E-state index contributed by atoms with van der Waals surface area (Å²) < 4.78 is 113. The van der Waals surface area contributed by atoms with Crippen molar-refractivity contribution in [1.82, 2.24) is 4.57 Å². The third kappa shape index (κ3) is 7.43. The Balaban J connectivity index is 0. The number of hydrogen-bond donors (Lipinski definition) is 0. The molecule has 0 N–H and O–H groups in total. The first-order valence-electron chi connectivity index (χ1n) is 5.41. The predicted molar refractivity (Wildman–Crippen MR) is 70.3 cm³/mol. The van der Waals surface area contributed by atoms with Gasteiger partial charge in [0.1, 0.15) is 12.4 Å². The SMILES string of the molecule is CCn1cc[n+](C)c1.O=S(=O)([N-]S(=O)(=O)C(F)(F)F)C(F)(F)F.[Li]. The second kappa shape index (κ2) is 8.56. The van der Waals surface area contributed by atoms with E-state index in [0.29, 0.717) is 0 Å². The molecule has 137 valence electrons. The van der Waals surface area contributed by atoms with Gasteiger partial charge in [-0.2, -0.15) is 26.3 Å². The van der Waals surface area contributed by atoms with Crippen LogP contribution in [0, 0.1) is 0 Å². The largest absolute Gasteiger partial charge is 0.480 e. The van der Waals surface area contributed by atoms with Gasteiger partial charge in [0, 0.05) is 18.9 Å². The molecule has 0 saturated heterocycles. The molecule has 0 spiro atoms. The van der Waals surface area contributed by atoms with Crippen molar-refractivity contribution < 1.29 is 47.7 Å². The molecule has 0 aliphatic rings. The van der Waals surface area contributed by atoms with Crippen molar-refractivity contribution in [2.75, 3.05) is 0 Å². The van der Waals surface area contributed by atoms with Crippen molar-refractivity contribution in [2.45, 2.75) is 24.5 Å². The number of sulfonamides is 2. The summed E-state index contributed by atoms with van der Waals surface area (Å²) >= 11 is 0. The quantitative estimate of drug-likeness (QED) is 0.432. The molecule has 0 aromatic carbocycles. The number of aromatic nitrogens is 2. The van der Waals surface area contributed by atoms with E-state index in [2.05, 4.69) is 24.0 Å². The first-order chi connectivity index (χ1) is 10.0. The van der Waals surface area contributed by atoms with Crippen molar-refractivity contribution in [3.63, 3.8) is 0 Å². The molecule has 0 aliphatic heterocycles. The summed E-state index contributed by atoms with van der Waals surface area (Å²) in [6.45, 7) is 3.18. The van der Waals surface area contributed by atoms with Crippen molar-refractivity contribution in [3.8, 4) is 0 Å². The summed E-state index contributed by atoms with van der Waals surface area (Å²) in [6.07, 6.45) is 6.14. The predicted octanol–water partition coefficient (Wildman–Crippen LogP) is 1.01. The summed E-state index contributed by atoms with van der Waals surface area (Å²) in [5.41, 5.74) is -12.4. The van der Waals surface area contributed by atoms with Crippen LogP contribution in [-0.4, -0.2) is 51.3 Å². The van der Waals surface area contributed by atoms with Crippen LogP contribution in [0.1, 0.15) is 6.92 Å². The number of aryl methyl sites for hydroxylation is 2. The zero-order chi connectivity index (χ0) is 18.7. The zero-order valence-electron chi connectivity index (χ0n) is 12.5. The minimum atomic E-state index is -6.72. The molecule has 0 amide bonds. The van der Waals surface area contributed by atoms with Crippen LogP contribution < -0.4 is 4.57 Å². The maximum atomic E-state index is 11.4. The molecule has 7 nitrogen and oxygen atoms in total. The number of rotatable bonds is 3. The van der Waals surface area contributed by atoms with E-state index in [9.17, 15) is 43.2 Å². The van der Waals surface area contributed by atoms with Crippen molar-refractivity contribution in [2.24, 2.45) is 7.05 Å². The van der Waals surface area contributed by atoms with Crippen LogP contribution in [0.25, 0.3) is 4.13 Å². The summed E-state index contributed by atoms with van der Waals surface area (Å²) in [5.74, 6) is 0. The average molecular weight is 398 g/mol. The number of nitrogens with zero attached hydrogens (tertiary/aromatic N) is 3. The van der Waals surface area contributed by atoms with Crippen LogP contribution in [0.3, 0.4) is 0 Å². The minimum absolute atomic E-state index is 0.